The first-order valence-electron chi connectivity index (χ1n) is 13.4. The molecule has 2 aromatic heterocycles. The zero-order chi connectivity index (χ0) is 29.5. The molecule has 0 unspecified atom stereocenters. The second-order valence-corrected chi connectivity index (χ2v) is 8.89. The number of nitrogens with one attached hydrogen (secondary N) is 4. The number of thiocarbonyl (C=S) groups is 1. The second kappa shape index (κ2) is 19.8. The fraction of sp³-hybridized carbons (Fsp3) is 0.194. The summed E-state index contributed by atoms with van der Waals surface area (Å²) >= 11 is 5.19. The highest BCUT2D eigenvalue weighted by molar-refractivity contribution is 7.80. The van der Waals surface area contributed by atoms with Crippen LogP contribution in [0.2, 0.25) is 0 Å². The van der Waals surface area contributed by atoms with Crippen molar-refractivity contribution < 1.29 is 9.47 Å². The molecule has 4 rings (SSSR count). The number of ether oxygens (including phenoxy) is 2. The molecule has 0 saturated carbocycles. The van der Waals surface area contributed by atoms with E-state index in [1.165, 1.54) is 0 Å². The number of nitriles is 1. The van der Waals surface area contributed by atoms with E-state index in [-0.39, 0.29) is 0 Å². The molecule has 0 atom stereocenters. The van der Waals surface area contributed by atoms with E-state index in [0.29, 0.717) is 30.8 Å². The Morgan fingerprint density at radius 1 is 0.762 bits per heavy atom. The van der Waals surface area contributed by atoms with Crippen molar-refractivity contribution in [3.63, 3.8) is 0 Å². The first-order valence-corrected chi connectivity index (χ1v) is 13.8. The molecule has 4 N–H and O–H groups in total. The van der Waals surface area contributed by atoms with Gasteiger partial charge in [-0.2, -0.15) is 5.26 Å². The molecular weight excluding hydrogens is 548 g/mol. The summed E-state index contributed by atoms with van der Waals surface area (Å²) in [5, 5.41) is 21.1. The Labute approximate surface area is 251 Å². The Hall–Kier alpha value is -5.21. The summed E-state index contributed by atoms with van der Waals surface area (Å²) in [5.41, 5.74) is 1.65. The van der Waals surface area contributed by atoms with Gasteiger partial charge in [0.25, 0.3) is 0 Å². The fourth-order valence-corrected chi connectivity index (χ4v) is 3.51. The van der Waals surface area contributed by atoms with Gasteiger partial charge in [0, 0.05) is 31.9 Å². The molecule has 0 bridgehead atoms. The maximum atomic E-state index is 8.74. The summed E-state index contributed by atoms with van der Waals surface area (Å²) in [6.07, 6.45) is 10.3. The number of aromatic nitrogens is 2. The normalized spacial score (nSPS) is 10.2. The van der Waals surface area contributed by atoms with Gasteiger partial charge in [0.2, 0.25) is 5.96 Å². The van der Waals surface area contributed by atoms with E-state index < -0.39 is 0 Å². The molecular formula is C31H34N8O2S. The molecule has 2 heterocycles. The van der Waals surface area contributed by atoms with Gasteiger partial charge >= 0.3 is 0 Å². The van der Waals surface area contributed by atoms with Crippen molar-refractivity contribution in [1.82, 2.24) is 20.6 Å². The van der Waals surface area contributed by atoms with Gasteiger partial charge in [-0.1, -0.05) is 36.4 Å². The molecule has 10 nitrogen and oxygen atoms in total. The molecule has 0 radical (unpaired) electrons. The van der Waals surface area contributed by atoms with Crippen LogP contribution in [0.4, 0.5) is 11.4 Å². The number of hydrogen-bond donors (Lipinski definition) is 4. The van der Waals surface area contributed by atoms with Crippen LogP contribution in [0.15, 0.2) is 115 Å². The molecule has 4 aromatic rings. The SMILES string of the molecule is N#CNC(=NCCCOc1ccccc1)Nc1cccnc1.S=C(NCCCOc1ccccc1)Nc1cccnc1. The van der Waals surface area contributed by atoms with Gasteiger partial charge in [-0.05, 0) is 67.2 Å². The summed E-state index contributed by atoms with van der Waals surface area (Å²) in [4.78, 5) is 12.3. The van der Waals surface area contributed by atoms with E-state index in [9.17, 15) is 0 Å². The number of rotatable bonds is 12. The first-order chi connectivity index (χ1) is 20.7. The van der Waals surface area contributed by atoms with Crippen molar-refractivity contribution >= 4 is 34.7 Å². The summed E-state index contributed by atoms with van der Waals surface area (Å²) in [6.45, 7) is 2.54. The van der Waals surface area contributed by atoms with E-state index in [0.717, 1.165) is 42.3 Å². The number of nitrogens with zero attached hydrogens (tertiary/aromatic N) is 4. The van der Waals surface area contributed by atoms with E-state index in [1.807, 2.05) is 85.1 Å². The van der Waals surface area contributed by atoms with Crippen LogP contribution >= 0.6 is 12.2 Å². The van der Waals surface area contributed by atoms with Crippen LogP contribution < -0.4 is 30.7 Å². The summed E-state index contributed by atoms with van der Waals surface area (Å²) in [6, 6.07) is 26.8. The third-order valence-electron chi connectivity index (χ3n) is 5.22. The van der Waals surface area contributed by atoms with Gasteiger partial charge in [0.1, 0.15) is 11.5 Å². The maximum Gasteiger partial charge on any atom is 0.209 e. The minimum atomic E-state index is 0.398. The maximum absolute atomic E-state index is 8.74. The van der Waals surface area contributed by atoms with Crippen LogP contribution in [0.1, 0.15) is 12.8 Å². The van der Waals surface area contributed by atoms with Crippen molar-refractivity contribution in [3.8, 4) is 17.7 Å². The average Bonchev–Trinajstić information content (AvgIpc) is 3.03. The van der Waals surface area contributed by atoms with Crippen molar-refractivity contribution in [2.45, 2.75) is 12.8 Å². The Balaban J connectivity index is 0.000000231. The van der Waals surface area contributed by atoms with Crippen molar-refractivity contribution in [3.05, 3.63) is 110 Å². The summed E-state index contributed by atoms with van der Waals surface area (Å²) in [5.74, 6) is 2.13. The smallest absolute Gasteiger partial charge is 0.209 e. The van der Waals surface area contributed by atoms with Crippen LogP contribution in [-0.4, -0.2) is 47.3 Å². The van der Waals surface area contributed by atoms with Crippen molar-refractivity contribution in [2.24, 2.45) is 4.99 Å². The average molecular weight is 583 g/mol. The molecule has 0 amide bonds. The lowest BCUT2D eigenvalue weighted by atomic mass is 10.3. The standard InChI is InChI=1S/C16H17N5O.C15H17N3OS/c17-13-20-16(21-14-6-4-9-18-12-14)19-10-5-11-22-15-7-2-1-3-8-15;20-15(18-13-6-4-9-16-12-13)17-10-5-11-19-14-7-2-1-3-8-14/h1-4,6-9,12H,5,10-11H2,(H2,19,20,21);1-4,6-9,12H,5,10-11H2,(H2,17,18,20). The number of pyridine rings is 2. The number of hydrogen-bond acceptors (Lipinski definition) is 7. The predicted octanol–water partition coefficient (Wildman–Crippen LogP) is 5.23. The highest BCUT2D eigenvalue weighted by atomic mass is 32.1. The molecule has 216 valence electrons. The number of aliphatic imine (C=N–C) groups is 1. The minimum Gasteiger partial charge on any atom is -0.494 e. The highest BCUT2D eigenvalue weighted by Gasteiger charge is 2.00. The van der Waals surface area contributed by atoms with E-state index in [1.54, 1.807) is 30.9 Å². The third-order valence-corrected chi connectivity index (χ3v) is 5.47. The van der Waals surface area contributed by atoms with Gasteiger partial charge in [-0.3, -0.25) is 20.3 Å². The molecule has 0 aliphatic rings. The number of para-hydroxylation sites is 2. The summed E-state index contributed by atoms with van der Waals surface area (Å²) in [7, 11) is 0. The number of guanidine groups is 1. The quantitative estimate of drug-likeness (QED) is 0.0440. The Morgan fingerprint density at radius 3 is 1.88 bits per heavy atom. The van der Waals surface area contributed by atoms with Crippen LogP contribution in [0.3, 0.4) is 0 Å². The largest absolute Gasteiger partial charge is 0.494 e. The lowest BCUT2D eigenvalue weighted by Crippen LogP contribution is -2.30. The van der Waals surface area contributed by atoms with Crippen LogP contribution in [0.5, 0.6) is 11.5 Å². The molecule has 42 heavy (non-hydrogen) atoms. The molecule has 0 aliphatic carbocycles. The lowest BCUT2D eigenvalue weighted by Gasteiger charge is -2.10. The highest BCUT2D eigenvalue weighted by Crippen LogP contribution is 2.09. The Bertz CT molecular complexity index is 1360. The molecule has 0 spiro atoms. The lowest BCUT2D eigenvalue weighted by molar-refractivity contribution is 0.311. The van der Waals surface area contributed by atoms with Crippen molar-refractivity contribution in [2.75, 3.05) is 36.9 Å². The van der Waals surface area contributed by atoms with Crippen LogP contribution in [0, 0.1) is 11.5 Å². The molecule has 0 aliphatic heterocycles. The van der Waals surface area contributed by atoms with E-state index >= 15 is 0 Å². The van der Waals surface area contributed by atoms with Crippen LogP contribution in [-0.2, 0) is 0 Å². The third kappa shape index (κ3) is 13.7. The minimum absolute atomic E-state index is 0.398. The zero-order valence-corrected chi connectivity index (χ0v) is 24.0. The number of benzene rings is 2. The van der Waals surface area contributed by atoms with Crippen LogP contribution in [0.25, 0.3) is 0 Å². The van der Waals surface area contributed by atoms with Crippen molar-refractivity contribution in [1.29, 1.82) is 5.26 Å². The molecule has 2 aromatic carbocycles. The van der Waals surface area contributed by atoms with E-state index in [4.69, 9.17) is 27.0 Å². The molecule has 0 fully saturated rings. The van der Waals surface area contributed by atoms with Gasteiger partial charge in [0.05, 0.1) is 37.0 Å². The topological polar surface area (TPSA) is 129 Å². The Kier molecular flexibility index (Phi) is 14.8. The number of anilines is 2. The fourth-order valence-electron chi connectivity index (χ4n) is 3.29. The first kappa shape index (κ1) is 31.3. The Morgan fingerprint density at radius 2 is 1.33 bits per heavy atom. The predicted molar refractivity (Wildman–Crippen MR) is 170 cm³/mol. The van der Waals surface area contributed by atoms with Gasteiger partial charge in [-0.25, -0.2) is 0 Å². The monoisotopic (exact) mass is 582 g/mol. The summed E-state index contributed by atoms with van der Waals surface area (Å²) < 4.78 is 11.2. The molecule has 11 heteroatoms. The van der Waals surface area contributed by atoms with Gasteiger partial charge in [-0.15, -0.1) is 0 Å². The van der Waals surface area contributed by atoms with E-state index in [2.05, 4.69) is 36.2 Å². The molecule has 0 saturated heterocycles. The van der Waals surface area contributed by atoms with Gasteiger partial charge in [0.15, 0.2) is 11.3 Å². The second-order valence-electron chi connectivity index (χ2n) is 8.49. The zero-order valence-electron chi connectivity index (χ0n) is 23.1. The van der Waals surface area contributed by atoms with Gasteiger partial charge < -0.3 is 25.4 Å².